The van der Waals surface area contributed by atoms with Crippen molar-refractivity contribution in [2.24, 2.45) is 0 Å². The SMILES string of the molecule is Cc1cc(F)c(C(Br)c2ccc(Cl)c(Cl)c2)cc1F. The molecule has 0 N–H and O–H groups in total. The second-order valence-electron chi connectivity index (χ2n) is 4.16. The van der Waals surface area contributed by atoms with Crippen molar-refractivity contribution in [3.8, 4) is 0 Å². The largest absolute Gasteiger partial charge is 0.207 e. The molecule has 5 heteroatoms. The molecule has 2 rings (SSSR count). The number of benzene rings is 2. The van der Waals surface area contributed by atoms with Gasteiger partial charge in [-0.1, -0.05) is 45.2 Å². The molecule has 19 heavy (non-hydrogen) atoms. The zero-order valence-corrected chi connectivity index (χ0v) is 13.0. The Balaban J connectivity index is 2.46. The molecule has 0 aromatic heterocycles. The fourth-order valence-electron chi connectivity index (χ4n) is 1.71. The zero-order chi connectivity index (χ0) is 14.2. The number of rotatable bonds is 2. The Hall–Kier alpha value is -0.640. The molecule has 0 aliphatic rings. The van der Waals surface area contributed by atoms with Crippen LogP contribution in [0.4, 0.5) is 8.78 Å². The van der Waals surface area contributed by atoms with Gasteiger partial charge in [-0.2, -0.15) is 0 Å². The normalized spacial score (nSPS) is 12.5. The average molecular weight is 366 g/mol. The van der Waals surface area contributed by atoms with E-state index in [1.807, 2.05) is 0 Å². The molecule has 0 saturated carbocycles. The molecule has 0 nitrogen and oxygen atoms in total. The quantitative estimate of drug-likeness (QED) is 0.567. The van der Waals surface area contributed by atoms with Gasteiger partial charge in [0.15, 0.2) is 0 Å². The van der Waals surface area contributed by atoms with Gasteiger partial charge in [0, 0.05) is 5.56 Å². The number of hydrogen-bond donors (Lipinski definition) is 0. The first kappa shape index (κ1) is 14.8. The van der Waals surface area contributed by atoms with E-state index in [1.54, 1.807) is 18.2 Å². The molecule has 2 aromatic carbocycles. The summed E-state index contributed by atoms with van der Waals surface area (Å²) in [5.41, 5.74) is 1.20. The maximum absolute atomic E-state index is 13.9. The highest BCUT2D eigenvalue weighted by molar-refractivity contribution is 9.09. The van der Waals surface area contributed by atoms with Crippen molar-refractivity contribution < 1.29 is 8.78 Å². The van der Waals surface area contributed by atoms with E-state index < -0.39 is 16.5 Å². The van der Waals surface area contributed by atoms with Gasteiger partial charge >= 0.3 is 0 Å². The lowest BCUT2D eigenvalue weighted by molar-refractivity contribution is 0.581. The smallest absolute Gasteiger partial charge is 0.128 e. The molecule has 1 atom stereocenters. The van der Waals surface area contributed by atoms with E-state index in [0.29, 0.717) is 15.6 Å². The fraction of sp³-hybridized carbons (Fsp3) is 0.143. The molecular formula is C14H9BrCl2F2. The molecule has 1 unspecified atom stereocenters. The highest BCUT2D eigenvalue weighted by atomic mass is 79.9. The van der Waals surface area contributed by atoms with Crippen LogP contribution in [-0.4, -0.2) is 0 Å². The first-order valence-electron chi connectivity index (χ1n) is 5.44. The van der Waals surface area contributed by atoms with Crippen LogP contribution in [0, 0.1) is 18.6 Å². The molecule has 0 radical (unpaired) electrons. The van der Waals surface area contributed by atoms with Crippen molar-refractivity contribution in [2.75, 3.05) is 0 Å². The summed E-state index contributed by atoms with van der Waals surface area (Å²) in [5, 5.41) is 0.789. The summed E-state index contributed by atoms with van der Waals surface area (Å²) in [5.74, 6) is -0.909. The number of hydrogen-bond acceptors (Lipinski definition) is 0. The number of halogens is 5. The van der Waals surface area contributed by atoms with Gasteiger partial charge in [0.1, 0.15) is 11.6 Å². The summed E-state index contributed by atoms with van der Waals surface area (Å²) < 4.78 is 27.4. The minimum absolute atomic E-state index is 0.224. The van der Waals surface area contributed by atoms with Crippen molar-refractivity contribution in [2.45, 2.75) is 11.8 Å². The van der Waals surface area contributed by atoms with Crippen molar-refractivity contribution >= 4 is 39.1 Å². The highest BCUT2D eigenvalue weighted by Gasteiger charge is 2.17. The summed E-state index contributed by atoms with van der Waals surface area (Å²) in [6.07, 6.45) is 0. The predicted molar refractivity (Wildman–Crippen MR) is 78.3 cm³/mol. The minimum atomic E-state index is -0.489. The van der Waals surface area contributed by atoms with Crippen LogP contribution in [0.15, 0.2) is 30.3 Å². The summed E-state index contributed by atoms with van der Waals surface area (Å²) in [7, 11) is 0. The van der Waals surface area contributed by atoms with E-state index in [9.17, 15) is 8.78 Å². The molecular weight excluding hydrogens is 357 g/mol. The van der Waals surface area contributed by atoms with Crippen LogP contribution in [0.5, 0.6) is 0 Å². The Morgan fingerprint density at radius 1 is 1.00 bits per heavy atom. The molecule has 0 spiro atoms. The van der Waals surface area contributed by atoms with E-state index in [0.717, 1.165) is 0 Å². The van der Waals surface area contributed by atoms with E-state index in [-0.39, 0.29) is 11.1 Å². The predicted octanol–water partition coefficient (Wildman–Crippen LogP) is 6.06. The second kappa shape index (κ2) is 5.78. The van der Waals surface area contributed by atoms with Crippen LogP contribution in [0.3, 0.4) is 0 Å². The molecule has 2 aromatic rings. The molecule has 0 amide bonds. The van der Waals surface area contributed by atoms with Gasteiger partial charge < -0.3 is 0 Å². The number of aryl methyl sites for hydroxylation is 1. The Kier molecular flexibility index (Phi) is 4.49. The van der Waals surface area contributed by atoms with E-state index in [2.05, 4.69) is 15.9 Å². The first-order valence-corrected chi connectivity index (χ1v) is 7.12. The topological polar surface area (TPSA) is 0 Å². The van der Waals surface area contributed by atoms with Crippen molar-refractivity contribution in [1.29, 1.82) is 0 Å². The van der Waals surface area contributed by atoms with Crippen LogP contribution >= 0.6 is 39.1 Å². The zero-order valence-electron chi connectivity index (χ0n) is 9.85. The average Bonchev–Trinajstić information content (AvgIpc) is 2.36. The third kappa shape index (κ3) is 3.10. The van der Waals surface area contributed by atoms with Gasteiger partial charge in [-0.3, -0.25) is 0 Å². The summed E-state index contributed by atoms with van der Waals surface area (Å²) in [6.45, 7) is 1.52. The lowest BCUT2D eigenvalue weighted by atomic mass is 10.0. The van der Waals surface area contributed by atoms with Crippen molar-refractivity contribution in [3.63, 3.8) is 0 Å². The fourth-order valence-corrected chi connectivity index (χ4v) is 2.65. The molecule has 0 aliphatic carbocycles. The van der Waals surface area contributed by atoms with Crippen LogP contribution in [0.2, 0.25) is 10.0 Å². The Morgan fingerprint density at radius 2 is 1.68 bits per heavy atom. The first-order chi connectivity index (χ1) is 8.90. The molecule has 100 valence electrons. The van der Waals surface area contributed by atoms with E-state index >= 15 is 0 Å². The maximum Gasteiger partial charge on any atom is 0.128 e. The minimum Gasteiger partial charge on any atom is -0.207 e. The lowest BCUT2D eigenvalue weighted by Gasteiger charge is -2.13. The Bertz CT molecular complexity index is 629. The van der Waals surface area contributed by atoms with Gasteiger partial charge in [-0.05, 0) is 42.3 Å². The standard InChI is InChI=1S/C14H9BrCl2F2/c1-7-4-13(19)9(6-12(7)18)14(15)8-2-3-10(16)11(17)5-8/h2-6,14H,1H3. The van der Waals surface area contributed by atoms with E-state index in [4.69, 9.17) is 23.2 Å². The Labute approximate surface area is 128 Å². The highest BCUT2D eigenvalue weighted by Crippen LogP contribution is 2.36. The molecule has 0 saturated heterocycles. The lowest BCUT2D eigenvalue weighted by Crippen LogP contribution is -1.99. The maximum atomic E-state index is 13.9. The molecule has 0 bridgehead atoms. The van der Waals surface area contributed by atoms with Gasteiger partial charge in [-0.25, -0.2) is 8.78 Å². The van der Waals surface area contributed by atoms with Crippen LogP contribution in [0.25, 0.3) is 0 Å². The Morgan fingerprint density at radius 3 is 2.32 bits per heavy atom. The summed E-state index contributed by atoms with van der Waals surface area (Å²) in [6, 6.07) is 7.32. The van der Waals surface area contributed by atoms with Gasteiger partial charge in [-0.15, -0.1) is 0 Å². The van der Waals surface area contributed by atoms with Crippen LogP contribution in [0.1, 0.15) is 21.5 Å². The van der Waals surface area contributed by atoms with Gasteiger partial charge in [0.25, 0.3) is 0 Å². The summed E-state index contributed by atoms with van der Waals surface area (Å²) >= 11 is 15.1. The molecule has 0 aliphatic heterocycles. The third-order valence-electron chi connectivity index (χ3n) is 2.79. The van der Waals surface area contributed by atoms with Crippen molar-refractivity contribution in [3.05, 3.63) is 68.7 Å². The van der Waals surface area contributed by atoms with Gasteiger partial charge in [0.05, 0.1) is 14.9 Å². The van der Waals surface area contributed by atoms with Gasteiger partial charge in [0.2, 0.25) is 0 Å². The van der Waals surface area contributed by atoms with Crippen molar-refractivity contribution in [1.82, 2.24) is 0 Å². The number of alkyl halides is 1. The second-order valence-corrected chi connectivity index (χ2v) is 5.89. The molecule has 0 heterocycles. The van der Waals surface area contributed by atoms with Crippen LogP contribution < -0.4 is 0 Å². The third-order valence-corrected chi connectivity index (χ3v) is 4.55. The summed E-state index contributed by atoms with van der Waals surface area (Å²) in [4.78, 5) is -0.489. The molecule has 0 fully saturated rings. The van der Waals surface area contributed by atoms with Crippen LogP contribution in [-0.2, 0) is 0 Å². The van der Waals surface area contributed by atoms with E-state index in [1.165, 1.54) is 19.1 Å². The monoisotopic (exact) mass is 364 g/mol.